The fourth-order valence-electron chi connectivity index (χ4n) is 2.92. The van der Waals surface area contributed by atoms with Crippen LogP contribution in [0, 0.1) is 11.3 Å². The second kappa shape index (κ2) is 12.5. The zero-order valence-electron chi connectivity index (χ0n) is 19.6. The van der Waals surface area contributed by atoms with Crippen molar-refractivity contribution in [1.29, 1.82) is 5.26 Å². The molecule has 1 heterocycles. The second-order valence-electron chi connectivity index (χ2n) is 7.59. The summed E-state index contributed by atoms with van der Waals surface area (Å²) >= 11 is 12.5. The van der Waals surface area contributed by atoms with E-state index in [0.717, 1.165) is 6.20 Å². The predicted octanol–water partition coefficient (Wildman–Crippen LogP) is 1.09. The molecule has 180 valence electrons. The molecular weight excluding hydrogens is 528 g/mol. The predicted molar refractivity (Wildman–Crippen MR) is 145 cm³/mol. The summed E-state index contributed by atoms with van der Waals surface area (Å²) in [4.78, 5) is 31.1. The summed E-state index contributed by atoms with van der Waals surface area (Å²) in [6.45, 7) is 1.55. The number of rotatable bonds is 9. The van der Waals surface area contributed by atoms with Crippen LogP contribution in [0.25, 0.3) is 0 Å². The highest BCUT2D eigenvalue weighted by molar-refractivity contribution is 6.64. The van der Waals surface area contributed by atoms with Gasteiger partial charge in [-0.1, -0.05) is 23.2 Å². The molecule has 19 heteroatoms. The van der Waals surface area contributed by atoms with Crippen LogP contribution in [0.1, 0.15) is 18.5 Å². The van der Waals surface area contributed by atoms with E-state index in [2.05, 4.69) is 25.2 Å². The first-order valence-corrected chi connectivity index (χ1v) is 11.0. The first kappa shape index (κ1) is 31.0. The Labute approximate surface area is 235 Å². The highest BCUT2D eigenvalue weighted by Gasteiger charge is 2.37. The van der Waals surface area contributed by atoms with E-state index in [1.165, 1.54) is 25.1 Å². The van der Waals surface area contributed by atoms with E-state index in [1.807, 2.05) is 5.32 Å². The standard InChI is InChI=1S/C19H12B6Cl2N6O5/c1-2-37-17(36)31-15(35)10(5-28)33-32-7-3-8(26)13(9(27)4-7)38-16-29-6-11(34)12(30-16)14(18(20,21)22)19(23,24)25/h3-4,6,14,32,34H,2H2,1H3,(H,31,35,36)/b33-10+. The lowest BCUT2D eigenvalue weighted by Gasteiger charge is -2.43. The van der Waals surface area contributed by atoms with Crippen LogP contribution in [0.2, 0.25) is 20.3 Å². The van der Waals surface area contributed by atoms with Crippen LogP contribution in [-0.4, -0.2) is 86.5 Å². The summed E-state index contributed by atoms with van der Waals surface area (Å²) in [5, 5.41) is 20.4. The van der Waals surface area contributed by atoms with Gasteiger partial charge in [0.1, 0.15) is 6.07 Å². The zero-order chi connectivity index (χ0) is 28.8. The number of hydrazone groups is 1. The number of nitrogens with zero attached hydrogens (tertiary/aromatic N) is 4. The van der Waals surface area contributed by atoms with Gasteiger partial charge in [0.05, 0.1) is 81.3 Å². The van der Waals surface area contributed by atoms with E-state index in [-0.39, 0.29) is 33.8 Å². The minimum atomic E-state index is -2.11. The largest absolute Gasteiger partial charge is 0.504 e. The fraction of sp³-hybridized carbons (Fsp3) is 0.263. The van der Waals surface area contributed by atoms with Gasteiger partial charge in [0.15, 0.2) is 11.5 Å². The number of ether oxygens (including phenoxy) is 2. The van der Waals surface area contributed by atoms with Crippen molar-refractivity contribution in [3.63, 3.8) is 0 Å². The minimum absolute atomic E-state index is 0.0144. The number of hydrogen-bond donors (Lipinski definition) is 3. The van der Waals surface area contributed by atoms with Gasteiger partial charge in [0.2, 0.25) is 5.71 Å². The molecule has 1 aromatic carbocycles. The van der Waals surface area contributed by atoms with Crippen LogP contribution < -0.4 is 15.5 Å². The number of carbonyl (C=O) groups is 2. The molecule has 0 spiro atoms. The van der Waals surface area contributed by atoms with E-state index in [0.29, 0.717) is 0 Å². The number of benzene rings is 1. The lowest BCUT2D eigenvalue weighted by atomic mass is 9.25. The molecule has 0 fully saturated rings. The van der Waals surface area contributed by atoms with Gasteiger partial charge in [-0.15, -0.1) is 10.2 Å². The Morgan fingerprint density at radius 2 is 1.76 bits per heavy atom. The molecular formula is C19H12B6Cl2N6O5. The van der Waals surface area contributed by atoms with Crippen molar-refractivity contribution < 1.29 is 24.2 Å². The second-order valence-corrected chi connectivity index (χ2v) is 8.40. The minimum Gasteiger partial charge on any atom is -0.504 e. The van der Waals surface area contributed by atoms with Crippen LogP contribution in [0.3, 0.4) is 0 Å². The first-order valence-electron chi connectivity index (χ1n) is 10.3. The zero-order valence-corrected chi connectivity index (χ0v) is 21.1. The Morgan fingerprint density at radius 1 is 1.18 bits per heavy atom. The average molecular weight is 540 g/mol. The molecule has 0 aliphatic rings. The highest BCUT2D eigenvalue weighted by atomic mass is 35.5. The highest BCUT2D eigenvalue weighted by Crippen LogP contribution is 2.48. The number of carbonyl (C=O) groups excluding carboxylic acids is 2. The van der Waals surface area contributed by atoms with Crippen molar-refractivity contribution >= 4 is 93.7 Å². The molecule has 0 atom stereocenters. The third-order valence-electron chi connectivity index (χ3n) is 4.35. The number of alkyl carbamates (subject to hydrolysis) is 1. The number of amides is 2. The lowest BCUT2D eigenvalue weighted by molar-refractivity contribution is -0.114. The van der Waals surface area contributed by atoms with Crippen LogP contribution >= 0.6 is 23.2 Å². The van der Waals surface area contributed by atoms with E-state index in [9.17, 15) is 14.7 Å². The number of anilines is 1. The third kappa shape index (κ3) is 8.13. The third-order valence-corrected chi connectivity index (χ3v) is 4.91. The van der Waals surface area contributed by atoms with E-state index < -0.39 is 45.6 Å². The normalized spacial score (nSPS) is 11.9. The molecule has 0 aliphatic heterocycles. The van der Waals surface area contributed by atoms with Crippen molar-refractivity contribution in [2.45, 2.75) is 23.1 Å². The number of nitriles is 1. The van der Waals surface area contributed by atoms with Crippen LogP contribution in [0.15, 0.2) is 23.4 Å². The molecule has 12 radical (unpaired) electrons. The van der Waals surface area contributed by atoms with Gasteiger partial charge in [-0.25, -0.2) is 4.79 Å². The maximum atomic E-state index is 11.9. The quantitative estimate of drug-likeness (QED) is 0.241. The molecule has 3 N–H and O–H groups in total. The van der Waals surface area contributed by atoms with Crippen molar-refractivity contribution in [3.8, 4) is 23.6 Å². The number of nitrogens with one attached hydrogen (secondary N) is 2. The molecule has 2 amide bonds. The number of hydrogen-bond acceptors (Lipinski definition) is 10. The van der Waals surface area contributed by atoms with E-state index in [1.54, 1.807) is 0 Å². The molecule has 0 bridgehead atoms. The van der Waals surface area contributed by atoms with Crippen molar-refractivity contribution in [1.82, 2.24) is 15.3 Å². The van der Waals surface area contributed by atoms with Gasteiger partial charge in [-0.05, 0) is 25.0 Å². The van der Waals surface area contributed by atoms with Gasteiger partial charge in [-0.3, -0.25) is 15.5 Å². The Kier molecular flexibility index (Phi) is 10.2. The maximum absolute atomic E-state index is 11.9. The number of imide groups is 1. The molecule has 0 saturated heterocycles. The molecule has 2 aromatic rings. The topological polar surface area (TPSA) is 159 Å². The molecule has 0 aliphatic carbocycles. The van der Waals surface area contributed by atoms with Crippen molar-refractivity contribution in [2.24, 2.45) is 5.10 Å². The smallest absolute Gasteiger partial charge is 0.414 e. The summed E-state index contributed by atoms with van der Waals surface area (Å²) in [5.74, 6) is -3.27. The molecule has 0 saturated carbocycles. The van der Waals surface area contributed by atoms with Crippen molar-refractivity contribution in [3.05, 3.63) is 34.1 Å². The van der Waals surface area contributed by atoms with Crippen LogP contribution in [0.5, 0.6) is 17.5 Å². The Hall–Kier alpha value is -3.23. The summed E-state index contributed by atoms with van der Waals surface area (Å²) in [5.41, 5.74) is 1.50. The van der Waals surface area contributed by atoms with E-state index >= 15 is 0 Å². The Bertz CT molecular complexity index is 1260. The molecule has 11 nitrogen and oxygen atoms in total. The van der Waals surface area contributed by atoms with Gasteiger partial charge in [-0.2, -0.15) is 20.3 Å². The monoisotopic (exact) mass is 540 g/mol. The molecule has 38 heavy (non-hydrogen) atoms. The van der Waals surface area contributed by atoms with E-state index in [4.69, 9.17) is 80.3 Å². The fourth-order valence-corrected chi connectivity index (χ4v) is 3.48. The van der Waals surface area contributed by atoms with Crippen molar-refractivity contribution in [2.75, 3.05) is 12.0 Å². The van der Waals surface area contributed by atoms with Crippen LogP contribution in [0.4, 0.5) is 10.5 Å². The summed E-state index contributed by atoms with van der Waals surface area (Å²) in [6.07, 6.45) is -0.122. The average Bonchev–Trinajstić information content (AvgIpc) is 2.77. The Morgan fingerprint density at radius 3 is 2.26 bits per heavy atom. The van der Waals surface area contributed by atoms with Gasteiger partial charge >= 0.3 is 12.1 Å². The van der Waals surface area contributed by atoms with Gasteiger partial charge in [0, 0.05) is 0 Å². The number of halogens is 2. The first-order chi connectivity index (χ1) is 17.6. The summed E-state index contributed by atoms with van der Waals surface area (Å²) < 4.78 is 10.1. The Balaban J connectivity index is 2.32. The number of aromatic nitrogens is 2. The summed E-state index contributed by atoms with van der Waals surface area (Å²) in [7, 11) is 34.4. The molecule has 1 aromatic heterocycles. The SMILES string of the molecule is [B]C([B])([B])C(c1nc(Oc2c(Cl)cc(N/N=C(\C#N)C(=O)NC(=O)OCC)cc2Cl)ncc1O)C([B])([B])[B]. The van der Waals surface area contributed by atoms with Crippen LogP contribution in [-0.2, 0) is 9.53 Å². The molecule has 0 unspecified atom stereocenters. The summed E-state index contributed by atoms with van der Waals surface area (Å²) in [6, 6.07) is 3.65. The number of aromatic hydroxyl groups is 1. The molecule has 2 rings (SSSR count). The van der Waals surface area contributed by atoms with Gasteiger partial charge < -0.3 is 14.6 Å². The lowest BCUT2D eigenvalue weighted by Crippen LogP contribution is -2.36. The van der Waals surface area contributed by atoms with Gasteiger partial charge in [0.25, 0.3) is 5.91 Å². The maximum Gasteiger partial charge on any atom is 0.414 e.